The highest BCUT2D eigenvalue weighted by Crippen LogP contribution is 2.24. The maximum atomic E-state index is 11.9. The fourth-order valence-electron chi connectivity index (χ4n) is 1.85. The fourth-order valence-corrected chi connectivity index (χ4v) is 3.10. The molecule has 7 heteroatoms. The monoisotopic (exact) mass is 368 g/mol. The Morgan fingerprint density at radius 2 is 2.19 bits per heavy atom. The molecule has 0 aliphatic rings. The van der Waals surface area contributed by atoms with Gasteiger partial charge in [0.15, 0.2) is 0 Å². The third-order valence-electron chi connectivity index (χ3n) is 2.86. The molecule has 2 rings (SSSR count). The highest BCUT2D eigenvalue weighted by atomic mass is 79.9. The van der Waals surface area contributed by atoms with Crippen LogP contribution in [0.5, 0.6) is 0 Å². The molecule has 5 nitrogen and oxygen atoms in total. The molecule has 0 fully saturated rings. The Labute approximate surface area is 134 Å². The molecule has 0 bridgehead atoms. The summed E-state index contributed by atoms with van der Waals surface area (Å²) < 4.78 is 4.93. The number of aromatic carboxylic acids is 1. The van der Waals surface area contributed by atoms with E-state index in [1.54, 1.807) is 6.92 Å². The lowest BCUT2D eigenvalue weighted by Crippen LogP contribution is -2.14. The average Bonchev–Trinajstić information content (AvgIpc) is 2.77. The van der Waals surface area contributed by atoms with Crippen LogP contribution in [0.1, 0.15) is 28.0 Å². The van der Waals surface area contributed by atoms with Crippen molar-refractivity contribution in [2.75, 3.05) is 5.32 Å². The first-order valence-corrected chi connectivity index (χ1v) is 7.78. The molecule has 1 heterocycles. The summed E-state index contributed by atoms with van der Waals surface area (Å²) >= 11 is 4.37. The third kappa shape index (κ3) is 4.12. The lowest BCUT2D eigenvalue weighted by atomic mass is 10.1. The van der Waals surface area contributed by atoms with Crippen molar-refractivity contribution in [3.8, 4) is 0 Å². The number of nitrogens with zero attached hydrogens (tertiary/aromatic N) is 1. The summed E-state index contributed by atoms with van der Waals surface area (Å²) in [6.07, 6.45) is 0.873. The van der Waals surface area contributed by atoms with Crippen LogP contribution < -0.4 is 5.32 Å². The first kappa shape index (κ1) is 15.7. The molecule has 21 heavy (non-hydrogen) atoms. The second kappa shape index (κ2) is 6.82. The molecule has 1 amide bonds. The number of hydrogen-bond acceptors (Lipinski definition) is 4. The van der Waals surface area contributed by atoms with Gasteiger partial charge in [-0.3, -0.25) is 4.79 Å². The minimum absolute atomic E-state index is 0.0656. The topological polar surface area (TPSA) is 79.3 Å². The van der Waals surface area contributed by atoms with Gasteiger partial charge in [0.05, 0.1) is 5.69 Å². The Hall–Kier alpha value is -1.73. The third-order valence-corrected chi connectivity index (χ3v) is 4.21. The quantitative estimate of drug-likeness (QED) is 0.846. The molecule has 0 atom stereocenters. The second-order valence-electron chi connectivity index (χ2n) is 4.46. The van der Waals surface area contributed by atoms with Crippen molar-refractivity contribution in [3.05, 3.63) is 45.6 Å². The van der Waals surface area contributed by atoms with E-state index in [-0.39, 0.29) is 17.9 Å². The van der Waals surface area contributed by atoms with Crippen molar-refractivity contribution in [3.63, 3.8) is 0 Å². The van der Waals surface area contributed by atoms with Crippen molar-refractivity contribution >= 4 is 44.3 Å². The van der Waals surface area contributed by atoms with Gasteiger partial charge in [-0.2, -0.15) is 4.37 Å². The zero-order valence-corrected chi connectivity index (χ0v) is 13.6. The Balaban J connectivity index is 1.98. The molecule has 1 aromatic heterocycles. The highest BCUT2D eigenvalue weighted by Gasteiger charge is 2.19. The summed E-state index contributed by atoms with van der Waals surface area (Å²) in [4.78, 5) is 23.0. The van der Waals surface area contributed by atoms with Gasteiger partial charge in [-0.1, -0.05) is 28.1 Å². The summed E-state index contributed by atoms with van der Waals surface area (Å²) in [7, 11) is 0. The zero-order valence-electron chi connectivity index (χ0n) is 11.2. The van der Waals surface area contributed by atoms with Crippen LogP contribution in [0, 0.1) is 6.92 Å². The van der Waals surface area contributed by atoms with E-state index in [1.165, 1.54) is 0 Å². The molecule has 2 N–H and O–H groups in total. The molecule has 0 aliphatic heterocycles. The number of anilines is 1. The van der Waals surface area contributed by atoms with Gasteiger partial charge in [-0.05, 0) is 42.6 Å². The van der Waals surface area contributed by atoms with Crippen LogP contribution >= 0.6 is 27.5 Å². The molecule has 0 spiro atoms. The number of rotatable bonds is 5. The van der Waals surface area contributed by atoms with E-state index in [9.17, 15) is 9.59 Å². The van der Waals surface area contributed by atoms with Crippen molar-refractivity contribution in [1.29, 1.82) is 0 Å². The van der Waals surface area contributed by atoms with Gasteiger partial charge in [0.1, 0.15) is 10.6 Å². The first-order valence-electron chi connectivity index (χ1n) is 6.21. The number of benzene rings is 1. The lowest BCUT2D eigenvalue weighted by Gasteiger charge is -2.04. The Bertz CT molecular complexity index is 685. The number of carbonyl (C=O) groups is 2. The Kier molecular flexibility index (Phi) is 5.08. The summed E-state index contributed by atoms with van der Waals surface area (Å²) in [5.74, 6) is -1.30. The maximum absolute atomic E-state index is 11.9. The fraction of sp³-hybridized carbons (Fsp3) is 0.214. The summed E-state index contributed by atoms with van der Waals surface area (Å²) in [5.41, 5.74) is 1.52. The summed E-state index contributed by atoms with van der Waals surface area (Å²) in [5, 5.41) is 12.0. The van der Waals surface area contributed by atoms with Crippen molar-refractivity contribution < 1.29 is 14.7 Å². The zero-order chi connectivity index (χ0) is 15.4. The Morgan fingerprint density at radius 3 is 2.86 bits per heavy atom. The molecule has 0 unspecified atom stereocenters. The molecule has 0 radical (unpaired) electrons. The van der Waals surface area contributed by atoms with Crippen LogP contribution in [-0.4, -0.2) is 21.4 Å². The van der Waals surface area contributed by atoms with Gasteiger partial charge < -0.3 is 10.4 Å². The van der Waals surface area contributed by atoms with E-state index in [2.05, 4.69) is 25.6 Å². The number of halogens is 1. The normalized spacial score (nSPS) is 10.4. The number of aryl methyl sites for hydroxylation is 2. The van der Waals surface area contributed by atoms with E-state index in [1.807, 2.05) is 24.3 Å². The van der Waals surface area contributed by atoms with Gasteiger partial charge in [-0.15, -0.1) is 0 Å². The number of carboxylic acid groups (broad SMARTS) is 1. The molecule has 0 saturated carbocycles. The Morgan fingerprint density at radius 1 is 1.43 bits per heavy atom. The van der Waals surface area contributed by atoms with Crippen LogP contribution in [-0.2, 0) is 11.2 Å². The summed E-state index contributed by atoms with van der Waals surface area (Å²) in [6.45, 7) is 1.61. The molecule has 0 saturated heterocycles. The average molecular weight is 369 g/mol. The predicted molar refractivity (Wildman–Crippen MR) is 84.9 cm³/mol. The minimum Gasteiger partial charge on any atom is -0.478 e. The first-order chi connectivity index (χ1) is 9.97. The smallest absolute Gasteiger partial charge is 0.340 e. The SMILES string of the molecule is Cc1nsc(NC(=O)CCc2cccc(Br)c2)c1C(=O)O. The number of carboxylic acids is 1. The van der Waals surface area contributed by atoms with E-state index < -0.39 is 5.97 Å². The largest absolute Gasteiger partial charge is 0.478 e. The number of amides is 1. The van der Waals surface area contributed by atoms with Gasteiger partial charge in [0.25, 0.3) is 0 Å². The van der Waals surface area contributed by atoms with Crippen molar-refractivity contribution in [2.45, 2.75) is 19.8 Å². The highest BCUT2D eigenvalue weighted by molar-refractivity contribution is 9.10. The van der Waals surface area contributed by atoms with Gasteiger partial charge in [-0.25, -0.2) is 4.79 Å². The van der Waals surface area contributed by atoms with Crippen LogP contribution in [0.15, 0.2) is 28.7 Å². The van der Waals surface area contributed by atoms with Crippen LogP contribution in [0.2, 0.25) is 0 Å². The molecule has 2 aromatic rings. The predicted octanol–water partition coefficient (Wildman–Crippen LogP) is 3.48. The maximum Gasteiger partial charge on any atom is 0.340 e. The van der Waals surface area contributed by atoms with Crippen molar-refractivity contribution in [1.82, 2.24) is 4.37 Å². The van der Waals surface area contributed by atoms with Crippen LogP contribution in [0.25, 0.3) is 0 Å². The molecule has 110 valence electrons. The number of hydrogen-bond donors (Lipinski definition) is 2. The van der Waals surface area contributed by atoms with E-state index in [4.69, 9.17) is 5.11 Å². The number of carbonyl (C=O) groups excluding carboxylic acids is 1. The van der Waals surface area contributed by atoms with Gasteiger partial charge in [0, 0.05) is 10.9 Å². The van der Waals surface area contributed by atoms with E-state index >= 15 is 0 Å². The molecular weight excluding hydrogens is 356 g/mol. The minimum atomic E-state index is -1.08. The number of aromatic nitrogens is 1. The summed E-state index contributed by atoms with van der Waals surface area (Å²) in [6, 6.07) is 7.72. The van der Waals surface area contributed by atoms with Crippen molar-refractivity contribution in [2.24, 2.45) is 0 Å². The molecular formula is C14H13BrN2O3S. The van der Waals surface area contributed by atoms with Gasteiger partial charge >= 0.3 is 5.97 Å². The second-order valence-corrected chi connectivity index (χ2v) is 6.14. The standard InChI is InChI=1S/C14H13BrN2O3S/c1-8-12(14(19)20)13(21-17-8)16-11(18)6-5-9-3-2-4-10(15)7-9/h2-4,7H,5-6H2,1H3,(H,16,18)(H,19,20). The number of nitrogens with one attached hydrogen (secondary N) is 1. The van der Waals surface area contributed by atoms with Crippen LogP contribution in [0.4, 0.5) is 5.00 Å². The van der Waals surface area contributed by atoms with E-state index in [0.717, 1.165) is 21.6 Å². The van der Waals surface area contributed by atoms with E-state index in [0.29, 0.717) is 17.1 Å². The lowest BCUT2D eigenvalue weighted by molar-refractivity contribution is -0.116. The molecule has 1 aromatic carbocycles. The molecule has 0 aliphatic carbocycles. The van der Waals surface area contributed by atoms with Gasteiger partial charge in [0.2, 0.25) is 5.91 Å². The van der Waals surface area contributed by atoms with Crippen LogP contribution in [0.3, 0.4) is 0 Å².